The summed E-state index contributed by atoms with van der Waals surface area (Å²) < 4.78 is 8.78. The number of rotatable bonds is 4. The molecule has 24 heavy (non-hydrogen) atoms. The zero-order valence-corrected chi connectivity index (χ0v) is 13.8. The monoisotopic (exact) mass is 327 g/mol. The topological polar surface area (TPSA) is 69.1 Å². The molecule has 3 aromatic heterocycles. The maximum absolute atomic E-state index is 12.6. The van der Waals surface area contributed by atoms with E-state index in [0.29, 0.717) is 23.5 Å². The van der Waals surface area contributed by atoms with Crippen LogP contribution in [0.15, 0.2) is 40.1 Å². The van der Waals surface area contributed by atoms with E-state index in [1.165, 1.54) is 0 Å². The Labute approximate surface area is 139 Å². The van der Waals surface area contributed by atoms with Crippen molar-refractivity contribution in [1.82, 2.24) is 24.2 Å². The van der Waals surface area contributed by atoms with Crippen LogP contribution in [0.5, 0.6) is 0 Å². The Morgan fingerprint density at radius 2 is 2.33 bits per heavy atom. The molecule has 0 spiro atoms. The van der Waals surface area contributed by atoms with E-state index in [1.807, 2.05) is 12.1 Å². The van der Waals surface area contributed by atoms with E-state index in [9.17, 15) is 4.79 Å². The molecule has 3 aromatic rings. The average molecular weight is 327 g/mol. The van der Waals surface area contributed by atoms with Crippen LogP contribution in [0.4, 0.5) is 0 Å². The number of fused-ring (bicyclic) bond motifs is 1. The Kier molecular flexibility index (Phi) is 3.93. The fourth-order valence-electron chi connectivity index (χ4n) is 3.52. The maximum Gasteiger partial charge on any atom is 0.281 e. The predicted molar refractivity (Wildman–Crippen MR) is 89.5 cm³/mol. The highest BCUT2D eigenvalue weighted by molar-refractivity contribution is 5.71. The third-order valence-electron chi connectivity index (χ3n) is 4.63. The molecule has 126 valence electrons. The first-order valence-electron chi connectivity index (χ1n) is 8.32. The zero-order chi connectivity index (χ0) is 16.5. The van der Waals surface area contributed by atoms with Gasteiger partial charge in [0.1, 0.15) is 11.3 Å². The van der Waals surface area contributed by atoms with Crippen LogP contribution in [0.1, 0.15) is 18.6 Å². The van der Waals surface area contributed by atoms with Crippen LogP contribution in [-0.2, 0) is 20.1 Å². The van der Waals surface area contributed by atoms with E-state index in [1.54, 1.807) is 35.1 Å². The molecule has 1 saturated heterocycles. The smallest absolute Gasteiger partial charge is 0.281 e. The van der Waals surface area contributed by atoms with E-state index < -0.39 is 0 Å². The number of aromatic nitrogens is 4. The SMILES string of the molecule is Cn1cc2ncn(C[C@@H]3CCCN(Cc4ccco4)C3)c(=O)c2n1. The predicted octanol–water partition coefficient (Wildman–Crippen LogP) is 1.64. The molecule has 1 aliphatic rings. The largest absolute Gasteiger partial charge is 0.468 e. The summed E-state index contributed by atoms with van der Waals surface area (Å²) in [5.74, 6) is 1.43. The lowest BCUT2D eigenvalue weighted by molar-refractivity contribution is 0.146. The highest BCUT2D eigenvalue weighted by Gasteiger charge is 2.22. The number of hydrogen-bond donors (Lipinski definition) is 0. The summed E-state index contributed by atoms with van der Waals surface area (Å²) in [5, 5.41) is 4.23. The van der Waals surface area contributed by atoms with E-state index in [2.05, 4.69) is 15.0 Å². The van der Waals surface area contributed by atoms with E-state index in [-0.39, 0.29) is 5.56 Å². The molecule has 0 bridgehead atoms. The van der Waals surface area contributed by atoms with Gasteiger partial charge in [0.05, 0.1) is 25.3 Å². The molecular weight excluding hydrogens is 306 g/mol. The quantitative estimate of drug-likeness (QED) is 0.728. The molecule has 1 atom stereocenters. The summed E-state index contributed by atoms with van der Waals surface area (Å²) in [7, 11) is 1.80. The summed E-state index contributed by atoms with van der Waals surface area (Å²) >= 11 is 0. The Balaban J connectivity index is 1.48. The van der Waals surface area contributed by atoms with Crippen molar-refractivity contribution in [2.75, 3.05) is 13.1 Å². The van der Waals surface area contributed by atoms with Gasteiger partial charge in [0.15, 0.2) is 5.52 Å². The molecule has 7 nitrogen and oxygen atoms in total. The number of aryl methyl sites for hydroxylation is 1. The van der Waals surface area contributed by atoms with Gasteiger partial charge in [-0.25, -0.2) is 4.98 Å². The highest BCUT2D eigenvalue weighted by Crippen LogP contribution is 2.20. The minimum absolute atomic E-state index is 0.0521. The number of furan rings is 1. The van der Waals surface area contributed by atoms with Gasteiger partial charge in [0.25, 0.3) is 5.56 Å². The van der Waals surface area contributed by atoms with Crippen molar-refractivity contribution >= 4 is 11.0 Å². The lowest BCUT2D eigenvalue weighted by atomic mass is 9.98. The molecule has 1 fully saturated rings. The van der Waals surface area contributed by atoms with Gasteiger partial charge in [-0.1, -0.05) is 0 Å². The van der Waals surface area contributed by atoms with Crippen LogP contribution in [0.2, 0.25) is 0 Å². The van der Waals surface area contributed by atoms with Gasteiger partial charge >= 0.3 is 0 Å². The highest BCUT2D eigenvalue weighted by atomic mass is 16.3. The first-order chi connectivity index (χ1) is 11.7. The average Bonchev–Trinajstić information content (AvgIpc) is 3.20. The normalized spacial score (nSPS) is 19.1. The minimum Gasteiger partial charge on any atom is -0.468 e. The second-order valence-corrected chi connectivity index (χ2v) is 6.56. The summed E-state index contributed by atoms with van der Waals surface area (Å²) in [4.78, 5) is 19.3. The van der Waals surface area contributed by atoms with Gasteiger partial charge in [0, 0.05) is 20.1 Å². The van der Waals surface area contributed by atoms with Gasteiger partial charge in [-0.05, 0) is 37.4 Å². The standard InChI is InChI=1S/C17H21N5O2/c1-20-11-15-16(19-20)17(23)22(12-18-15)9-13-4-2-6-21(8-13)10-14-5-3-7-24-14/h3,5,7,11-13H,2,4,6,8-10H2,1H3/t13-/m1/s1. The molecule has 0 saturated carbocycles. The Hall–Kier alpha value is -2.41. The molecular formula is C17H21N5O2. The van der Waals surface area contributed by atoms with Crippen molar-refractivity contribution in [3.63, 3.8) is 0 Å². The van der Waals surface area contributed by atoms with Crippen LogP contribution in [-0.4, -0.2) is 37.3 Å². The summed E-state index contributed by atoms with van der Waals surface area (Å²) in [6.07, 6.45) is 7.40. The van der Waals surface area contributed by atoms with Crippen LogP contribution >= 0.6 is 0 Å². The summed E-state index contributed by atoms with van der Waals surface area (Å²) in [5.41, 5.74) is 1.05. The Bertz CT molecular complexity index is 880. The fraction of sp³-hybridized carbons (Fsp3) is 0.471. The first kappa shape index (κ1) is 15.1. The zero-order valence-electron chi connectivity index (χ0n) is 13.8. The lowest BCUT2D eigenvalue weighted by Gasteiger charge is -2.32. The van der Waals surface area contributed by atoms with Crippen molar-refractivity contribution in [2.24, 2.45) is 13.0 Å². The molecule has 4 rings (SSSR count). The molecule has 0 unspecified atom stereocenters. The number of piperidine rings is 1. The lowest BCUT2D eigenvalue weighted by Crippen LogP contribution is -2.38. The van der Waals surface area contributed by atoms with E-state index in [4.69, 9.17) is 4.42 Å². The molecule has 7 heteroatoms. The molecule has 0 aliphatic carbocycles. The van der Waals surface area contributed by atoms with Crippen molar-refractivity contribution in [3.05, 3.63) is 47.0 Å². The van der Waals surface area contributed by atoms with Gasteiger partial charge < -0.3 is 4.42 Å². The van der Waals surface area contributed by atoms with Crippen LogP contribution in [0.25, 0.3) is 11.0 Å². The second-order valence-electron chi connectivity index (χ2n) is 6.56. The molecule has 0 radical (unpaired) electrons. The Morgan fingerprint density at radius 1 is 1.42 bits per heavy atom. The minimum atomic E-state index is -0.0521. The first-order valence-corrected chi connectivity index (χ1v) is 8.32. The maximum atomic E-state index is 12.6. The van der Waals surface area contributed by atoms with Crippen LogP contribution in [0, 0.1) is 5.92 Å². The molecule has 0 aromatic carbocycles. The van der Waals surface area contributed by atoms with Gasteiger partial charge in [-0.15, -0.1) is 0 Å². The fourth-order valence-corrected chi connectivity index (χ4v) is 3.52. The van der Waals surface area contributed by atoms with Crippen LogP contribution in [0.3, 0.4) is 0 Å². The van der Waals surface area contributed by atoms with Crippen molar-refractivity contribution in [3.8, 4) is 0 Å². The number of hydrogen-bond acceptors (Lipinski definition) is 5. The van der Waals surface area contributed by atoms with Crippen molar-refractivity contribution < 1.29 is 4.42 Å². The van der Waals surface area contributed by atoms with Gasteiger partial charge in [-0.2, -0.15) is 5.10 Å². The van der Waals surface area contributed by atoms with Crippen molar-refractivity contribution in [2.45, 2.75) is 25.9 Å². The summed E-state index contributed by atoms with van der Waals surface area (Å²) in [6.45, 7) is 3.56. The van der Waals surface area contributed by atoms with Gasteiger partial charge in [-0.3, -0.25) is 18.9 Å². The van der Waals surface area contributed by atoms with E-state index in [0.717, 1.165) is 38.2 Å². The molecule has 4 heterocycles. The third-order valence-corrected chi connectivity index (χ3v) is 4.63. The second kappa shape index (κ2) is 6.24. The number of nitrogens with zero attached hydrogens (tertiary/aromatic N) is 5. The molecule has 0 N–H and O–H groups in total. The molecule has 1 aliphatic heterocycles. The van der Waals surface area contributed by atoms with E-state index >= 15 is 0 Å². The van der Waals surface area contributed by atoms with Crippen LogP contribution < -0.4 is 5.56 Å². The van der Waals surface area contributed by atoms with Crippen molar-refractivity contribution in [1.29, 1.82) is 0 Å². The summed E-state index contributed by atoms with van der Waals surface area (Å²) in [6, 6.07) is 3.93. The number of likely N-dealkylation sites (tertiary alicyclic amines) is 1. The molecule has 0 amide bonds. The Morgan fingerprint density at radius 3 is 3.17 bits per heavy atom. The van der Waals surface area contributed by atoms with Gasteiger partial charge in [0.2, 0.25) is 0 Å². The third kappa shape index (κ3) is 2.99.